The minimum absolute atomic E-state index is 0.265. The lowest BCUT2D eigenvalue weighted by Gasteiger charge is -2.30. The van der Waals surface area contributed by atoms with Gasteiger partial charge in [0.05, 0.1) is 0 Å². The van der Waals surface area contributed by atoms with Crippen LogP contribution in [0.4, 0.5) is 0 Å². The molecule has 2 aromatic carbocycles. The highest BCUT2D eigenvalue weighted by Gasteiger charge is 2.28. The van der Waals surface area contributed by atoms with Gasteiger partial charge < -0.3 is 10.2 Å². The van der Waals surface area contributed by atoms with Crippen molar-refractivity contribution in [2.24, 2.45) is 5.92 Å². The fraction of sp³-hybridized carbons (Fsp3) is 0.600. The molecule has 0 radical (unpaired) electrons. The standard InChI is InChI=1S/C30H42O2/c1-19(2)30(24-17-26(28(31)15-20(24)3)22-11-7-5-8-12-22)25-18-27(29(32)16-21(25)4)23-13-9-6-10-14-23/h15-19,22-23,30-32H,5-14H2,1-4H3. The van der Waals surface area contributed by atoms with Crippen LogP contribution in [0.25, 0.3) is 0 Å². The van der Waals surface area contributed by atoms with Gasteiger partial charge in [0, 0.05) is 5.92 Å². The van der Waals surface area contributed by atoms with E-state index in [0.29, 0.717) is 29.3 Å². The molecule has 0 amide bonds. The number of hydrogen-bond donors (Lipinski definition) is 2. The summed E-state index contributed by atoms with van der Waals surface area (Å²) in [6, 6.07) is 8.68. The number of phenols is 2. The summed E-state index contributed by atoms with van der Waals surface area (Å²) < 4.78 is 0. The minimum Gasteiger partial charge on any atom is -0.508 e. The Kier molecular flexibility index (Phi) is 7.17. The van der Waals surface area contributed by atoms with Crippen LogP contribution >= 0.6 is 0 Å². The van der Waals surface area contributed by atoms with Crippen LogP contribution in [0, 0.1) is 19.8 Å². The smallest absolute Gasteiger partial charge is 0.119 e. The lowest BCUT2D eigenvalue weighted by atomic mass is 9.74. The van der Waals surface area contributed by atoms with E-state index in [1.807, 2.05) is 12.1 Å². The van der Waals surface area contributed by atoms with Gasteiger partial charge in [-0.15, -0.1) is 0 Å². The van der Waals surface area contributed by atoms with Crippen LogP contribution in [0.3, 0.4) is 0 Å². The third kappa shape index (κ3) is 4.70. The van der Waals surface area contributed by atoms with Crippen molar-refractivity contribution in [1.82, 2.24) is 0 Å². The van der Waals surface area contributed by atoms with E-state index in [2.05, 4.69) is 39.8 Å². The molecule has 0 atom stereocenters. The third-order valence-electron chi connectivity index (χ3n) is 8.26. The molecule has 2 heteroatoms. The molecule has 2 aliphatic rings. The molecular weight excluding hydrogens is 392 g/mol. The van der Waals surface area contributed by atoms with Gasteiger partial charge in [0.1, 0.15) is 11.5 Å². The summed E-state index contributed by atoms with van der Waals surface area (Å²) in [6.45, 7) is 8.91. The molecule has 0 aliphatic heterocycles. The van der Waals surface area contributed by atoms with E-state index in [0.717, 1.165) is 11.1 Å². The second-order valence-electron chi connectivity index (χ2n) is 10.9. The van der Waals surface area contributed by atoms with Gasteiger partial charge in [0.15, 0.2) is 0 Å². The van der Waals surface area contributed by atoms with E-state index in [9.17, 15) is 10.2 Å². The molecule has 174 valence electrons. The maximum atomic E-state index is 10.8. The summed E-state index contributed by atoms with van der Waals surface area (Å²) in [4.78, 5) is 0. The minimum atomic E-state index is 0.265. The highest BCUT2D eigenvalue weighted by atomic mass is 16.3. The summed E-state index contributed by atoms with van der Waals surface area (Å²) in [5, 5.41) is 21.7. The van der Waals surface area contributed by atoms with Gasteiger partial charge in [-0.1, -0.05) is 64.5 Å². The summed E-state index contributed by atoms with van der Waals surface area (Å²) >= 11 is 0. The Balaban J connectivity index is 1.79. The van der Waals surface area contributed by atoms with Crippen LogP contribution in [0.15, 0.2) is 24.3 Å². The van der Waals surface area contributed by atoms with Crippen molar-refractivity contribution in [2.45, 2.75) is 110 Å². The molecule has 0 heterocycles. The average Bonchev–Trinajstić information content (AvgIpc) is 2.77. The monoisotopic (exact) mass is 434 g/mol. The van der Waals surface area contributed by atoms with Gasteiger partial charge in [0.2, 0.25) is 0 Å². The zero-order chi connectivity index (χ0) is 22.8. The molecule has 0 aromatic heterocycles. The topological polar surface area (TPSA) is 40.5 Å². The molecule has 0 spiro atoms. The van der Waals surface area contributed by atoms with Crippen molar-refractivity contribution in [3.8, 4) is 11.5 Å². The number of benzene rings is 2. The molecule has 2 aliphatic carbocycles. The Morgan fingerprint density at radius 1 is 0.625 bits per heavy atom. The first-order valence-corrected chi connectivity index (χ1v) is 13.0. The molecule has 2 aromatic rings. The summed E-state index contributed by atoms with van der Waals surface area (Å²) in [7, 11) is 0. The van der Waals surface area contributed by atoms with Gasteiger partial charge in [-0.3, -0.25) is 0 Å². The SMILES string of the molecule is Cc1cc(O)c(C2CCCCC2)cc1C(c1cc(C2CCCCC2)c(O)cc1C)C(C)C. The second-order valence-corrected chi connectivity index (χ2v) is 10.9. The highest BCUT2D eigenvalue weighted by Crippen LogP contribution is 2.45. The molecule has 0 bridgehead atoms. The van der Waals surface area contributed by atoms with Crippen LogP contribution in [0.2, 0.25) is 0 Å². The van der Waals surface area contributed by atoms with Crippen molar-refractivity contribution in [2.75, 3.05) is 0 Å². The average molecular weight is 435 g/mol. The van der Waals surface area contributed by atoms with Crippen LogP contribution in [-0.4, -0.2) is 10.2 Å². The highest BCUT2D eigenvalue weighted by molar-refractivity contribution is 5.52. The first kappa shape index (κ1) is 23.2. The molecular formula is C30H42O2. The summed E-state index contributed by atoms with van der Waals surface area (Å²) in [5.41, 5.74) is 7.35. The van der Waals surface area contributed by atoms with Crippen molar-refractivity contribution < 1.29 is 10.2 Å². The van der Waals surface area contributed by atoms with Crippen molar-refractivity contribution in [3.05, 3.63) is 57.6 Å². The normalized spacial score (nSPS) is 18.6. The second kappa shape index (κ2) is 9.89. The largest absolute Gasteiger partial charge is 0.508 e. The molecule has 2 nitrogen and oxygen atoms in total. The van der Waals surface area contributed by atoms with Gasteiger partial charge in [-0.05, 0) is 103 Å². The van der Waals surface area contributed by atoms with E-state index in [-0.39, 0.29) is 5.92 Å². The predicted molar refractivity (Wildman–Crippen MR) is 134 cm³/mol. The summed E-state index contributed by atoms with van der Waals surface area (Å²) in [6.07, 6.45) is 12.5. The Hall–Kier alpha value is -1.96. The third-order valence-corrected chi connectivity index (χ3v) is 8.26. The lowest BCUT2D eigenvalue weighted by Crippen LogP contribution is -2.15. The maximum Gasteiger partial charge on any atom is 0.119 e. The number of aryl methyl sites for hydroxylation is 2. The van der Waals surface area contributed by atoms with Crippen molar-refractivity contribution >= 4 is 0 Å². The number of phenolic OH excluding ortho intramolecular Hbond substituents is 2. The van der Waals surface area contributed by atoms with E-state index in [1.165, 1.54) is 86.5 Å². The van der Waals surface area contributed by atoms with Gasteiger partial charge in [0.25, 0.3) is 0 Å². The van der Waals surface area contributed by atoms with E-state index >= 15 is 0 Å². The van der Waals surface area contributed by atoms with Crippen LogP contribution in [0.5, 0.6) is 11.5 Å². The van der Waals surface area contributed by atoms with Crippen molar-refractivity contribution in [1.29, 1.82) is 0 Å². The fourth-order valence-electron chi connectivity index (χ4n) is 6.49. The molecule has 0 unspecified atom stereocenters. The van der Waals surface area contributed by atoms with E-state index in [4.69, 9.17) is 0 Å². The van der Waals surface area contributed by atoms with Gasteiger partial charge in [-0.2, -0.15) is 0 Å². The first-order valence-electron chi connectivity index (χ1n) is 13.0. The van der Waals surface area contributed by atoms with E-state index in [1.54, 1.807) is 0 Å². The summed E-state index contributed by atoms with van der Waals surface area (Å²) in [5.74, 6) is 2.61. The lowest BCUT2D eigenvalue weighted by molar-refractivity contribution is 0.412. The molecule has 2 saturated carbocycles. The molecule has 2 fully saturated rings. The fourth-order valence-corrected chi connectivity index (χ4v) is 6.49. The zero-order valence-electron chi connectivity index (χ0n) is 20.6. The molecule has 0 saturated heterocycles. The molecule has 2 N–H and O–H groups in total. The van der Waals surface area contributed by atoms with Crippen LogP contribution in [-0.2, 0) is 0 Å². The quantitative estimate of drug-likeness (QED) is 0.494. The van der Waals surface area contributed by atoms with E-state index < -0.39 is 0 Å². The Labute approximate surface area is 195 Å². The Morgan fingerprint density at radius 2 is 1.00 bits per heavy atom. The Morgan fingerprint density at radius 3 is 1.34 bits per heavy atom. The predicted octanol–water partition coefficient (Wildman–Crippen LogP) is 8.60. The number of aromatic hydroxyl groups is 2. The Bertz CT molecular complexity index is 857. The maximum absolute atomic E-state index is 10.8. The molecule has 4 rings (SSSR count). The van der Waals surface area contributed by atoms with Gasteiger partial charge >= 0.3 is 0 Å². The molecule has 32 heavy (non-hydrogen) atoms. The number of hydrogen-bond acceptors (Lipinski definition) is 2. The van der Waals surface area contributed by atoms with Crippen LogP contribution < -0.4 is 0 Å². The first-order chi connectivity index (χ1) is 15.4. The number of rotatable bonds is 5. The zero-order valence-corrected chi connectivity index (χ0v) is 20.6. The van der Waals surface area contributed by atoms with Crippen LogP contribution in [0.1, 0.15) is 129 Å². The van der Waals surface area contributed by atoms with Gasteiger partial charge in [-0.25, -0.2) is 0 Å². The van der Waals surface area contributed by atoms with Crippen molar-refractivity contribution in [3.63, 3.8) is 0 Å².